The van der Waals surface area contributed by atoms with Crippen molar-refractivity contribution in [2.75, 3.05) is 0 Å². The minimum Gasteiger partial charge on any atom is -0.456 e. The van der Waals surface area contributed by atoms with Gasteiger partial charge in [0.15, 0.2) is 5.82 Å². The number of benzene rings is 6. The Hall–Kier alpha value is -6.65. The molecule has 0 radical (unpaired) electrons. The SMILES string of the molecule is CC1(C)c2ccccc2-c2ccc(-c3ccc(-c4cc(-c5ccc6oc7ccccc7c6c5)nc(-c5ccc(-c6cccnc6)cc5)n4)cc3)cc21. The highest BCUT2D eigenvalue weighted by atomic mass is 16.3. The third kappa shape index (κ3) is 4.95. The van der Waals surface area contributed by atoms with Gasteiger partial charge in [0.05, 0.1) is 11.4 Å². The van der Waals surface area contributed by atoms with E-state index in [1.165, 1.54) is 33.4 Å². The molecule has 10 rings (SSSR count). The summed E-state index contributed by atoms with van der Waals surface area (Å²) in [5, 5.41) is 2.16. The lowest BCUT2D eigenvalue weighted by Crippen LogP contribution is -2.14. The van der Waals surface area contributed by atoms with Crippen molar-refractivity contribution >= 4 is 21.9 Å². The molecule has 6 aromatic carbocycles. The molecule has 3 heterocycles. The van der Waals surface area contributed by atoms with Gasteiger partial charge in [0, 0.05) is 45.3 Å². The fourth-order valence-electron chi connectivity index (χ4n) is 7.82. The van der Waals surface area contributed by atoms with Crippen LogP contribution < -0.4 is 0 Å². The molecule has 0 bridgehead atoms. The maximum atomic E-state index is 6.14. The van der Waals surface area contributed by atoms with Crippen LogP contribution in [0.4, 0.5) is 0 Å². The summed E-state index contributed by atoms with van der Waals surface area (Å²) in [6, 6.07) is 53.5. The quantitative estimate of drug-likeness (QED) is 0.183. The van der Waals surface area contributed by atoms with Crippen LogP contribution in [0.25, 0.3) is 89.2 Å². The first-order chi connectivity index (χ1) is 25.5. The number of hydrogen-bond acceptors (Lipinski definition) is 4. The Morgan fingerprint density at radius 3 is 1.88 bits per heavy atom. The van der Waals surface area contributed by atoms with Gasteiger partial charge in [-0.25, -0.2) is 9.97 Å². The highest BCUT2D eigenvalue weighted by Crippen LogP contribution is 2.49. The van der Waals surface area contributed by atoms with Crippen LogP contribution in [-0.4, -0.2) is 15.0 Å². The Labute approximate surface area is 302 Å². The van der Waals surface area contributed by atoms with E-state index in [-0.39, 0.29) is 5.41 Å². The molecule has 4 nitrogen and oxygen atoms in total. The van der Waals surface area contributed by atoms with Gasteiger partial charge in [-0.15, -0.1) is 0 Å². The largest absolute Gasteiger partial charge is 0.456 e. The Bertz CT molecular complexity index is 2800. The van der Waals surface area contributed by atoms with Gasteiger partial charge in [-0.3, -0.25) is 4.98 Å². The topological polar surface area (TPSA) is 51.8 Å². The molecule has 0 aliphatic heterocycles. The van der Waals surface area contributed by atoms with Gasteiger partial charge < -0.3 is 4.42 Å². The normalized spacial score (nSPS) is 13.0. The van der Waals surface area contributed by atoms with Crippen molar-refractivity contribution in [2.24, 2.45) is 0 Å². The summed E-state index contributed by atoms with van der Waals surface area (Å²) in [6.07, 6.45) is 3.67. The summed E-state index contributed by atoms with van der Waals surface area (Å²) in [5.74, 6) is 0.673. The molecule has 0 atom stereocenters. The number of furan rings is 1. The van der Waals surface area contributed by atoms with Crippen LogP contribution in [0.5, 0.6) is 0 Å². The second-order valence-electron chi connectivity index (χ2n) is 14.1. The first-order valence-electron chi connectivity index (χ1n) is 17.7. The fraction of sp³-hybridized carbons (Fsp3) is 0.0625. The molecule has 3 aromatic heterocycles. The molecule has 0 saturated carbocycles. The predicted molar refractivity (Wildman–Crippen MR) is 212 cm³/mol. The minimum atomic E-state index is -0.0441. The first kappa shape index (κ1) is 30.2. The Morgan fingerprint density at radius 2 is 1.08 bits per heavy atom. The third-order valence-electron chi connectivity index (χ3n) is 10.6. The van der Waals surface area contributed by atoms with Crippen LogP contribution in [0.3, 0.4) is 0 Å². The van der Waals surface area contributed by atoms with Crippen molar-refractivity contribution in [1.82, 2.24) is 15.0 Å². The van der Waals surface area contributed by atoms with E-state index >= 15 is 0 Å². The zero-order chi connectivity index (χ0) is 34.8. The molecule has 0 amide bonds. The summed E-state index contributed by atoms with van der Waals surface area (Å²) in [4.78, 5) is 14.6. The van der Waals surface area contributed by atoms with Crippen LogP contribution in [0, 0.1) is 0 Å². The number of fused-ring (bicyclic) bond motifs is 6. The van der Waals surface area contributed by atoms with Crippen molar-refractivity contribution < 1.29 is 4.42 Å². The van der Waals surface area contributed by atoms with E-state index in [2.05, 4.69) is 140 Å². The summed E-state index contributed by atoms with van der Waals surface area (Å²) < 4.78 is 6.14. The molecule has 0 N–H and O–H groups in total. The smallest absolute Gasteiger partial charge is 0.160 e. The molecule has 9 aromatic rings. The first-order valence-corrected chi connectivity index (χ1v) is 17.7. The van der Waals surface area contributed by atoms with E-state index < -0.39 is 0 Å². The van der Waals surface area contributed by atoms with Crippen LogP contribution in [0.1, 0.15) is 25.0 Å². The van der Waals surface area contributed by atoms with Gasteiger partial charge in [0.1, 0.15) is 11.2 Å². The second-order valence-corrected chi connectivity index (χ2v) is 14.1. The number of hydrogen-bond donors (Lipinski definition) is 0. The molecule has 1 aliphatic rings. The number of aromatic nitrogens is 3. The third-order valence-corrected chi connectivity index (χ3v) is 10.6. The van der Waals surface area contributed by atoms with E-state index in [1.54, 1.807) is 6.20 Å². The molecule has 4 heteroatoms. The van der Waals surface area contributed by atoms with E-state index in [0.717, 1.165) is 61.1 Å². The van der Waals surface area contributed by atoms with Gasteiger partial charge in [-0.2, -0.15) is 0 Å². The number of pyridine rings is 1. The molecule has 52 heavy (non-hydrogen) atoms. The highest BCUT2D eigenvalue weighted by molar-refractivity contribution is 6.06. The molecular formula is C48H33N3O. The molecule has 246 valence electrons. The van der Waals surface area contributed by atoms with Crippen molar-refractivity contribution in [1.29, 1.82) is 0 Å². The van der Waals surface area contributed by atoms with E-state index in [0.29, 0.717) is 5.82 Å². The lowest BCUT2D eigenvalue weighted by molar-refractivity contribution is 0.660. The fourth-order valence-corrected chi connectivity index (χ4v) is 7.82. The Kier molecular flexibility index (Phi) is 6.80. The van der Waals surface area contributed by atoms with E-state index in [1.807, 2.05) is 36.5 Å². The summed E-state index contributed by atoms with van der Waals surface area (Å²) in [7, 11) is 0. The van der Waals surface area contributed by atoms with Gasteiger partial charge in [0.25, 0.3) is 0 Å². The Morgan fingerprint density at radius 1 is 0.442 bits per heavy atom. The monoisotopic (exact) mass is 667 g/mol. The summed E-state index contributed by atoms with van der Waals surface area (Å²) in [5.41, 5.74) is 16.4. The molecular weight excluding hydrogens is 635 g/mol. The zero-order valence-electron chi connectivity index (χ0n) is 28.8. The maximum Gasteiger partial charge on any atom is 0.160 e. The zero-order valence-corrected chi connectivity index (χ0v) is 28.8. The number of rotatable bonds is 5. The molecule has 0 spiro atoms. The van der Waals surface area contributed by atoms with Gasteiger partial charge in [-0.1, -0.05) is 123 Å². The van der Waals surface area contributed by atoms with E-state index in [9.17, 15) is 0 Å². The molecule has 0 saturated heterocycles. The second kappa shape index (κ2) is 11.7. The molecule has 0 unspecified atom stereocenters. The van der Waals surface area contributed by atoms with Crippen LogP contribution >= 0.6 is 0 Å². The lowest BCUT2D eigenvalue weighted by atomic mass is 9.81. The summed E-state index contributed by atoms with van der Waals surface area (Å²) in [6.45, 7) is 4.65. The van der Waals surface area contributed by atoms with Crippen LogP contribution in [0.15, 0.2) is 168 Å². The summed E-state index contributed by atoms with van der Waals surface area (Å²) >= 11 is 0. The highest BCUT2D eigenvalue weighted by Gasteiger charge is 2.35. The van der Waals surface area contributed by atoms with Crippen molar-refractivity contribution in [3.05, 3.63) is 175 Å². The van der Waals surface area contributed by atoms with Crippen LogP contribution in [-0.2, 0) is 5.41 Å². The van der Waals surface area contributed by atoms with Crippen molar-refractivity contribution in [2.45, 2.75) is 19.3 Å². The van der Waals surface area contributed by atoms with Crippen LogP contribution in [0.2, 0.25) is 0 Å². The average Bonchev–Trinajstić information content (AvgIpc) is 3.69. The van der Waals surface area contributed by atoms with Gasteiger partial charge in [-0.05, 0) is 87.0 Å². The predicted octanol–water partition coefficient (Wildman–Crippen LogP) is 12.4. The van der Waals surface area contributed by atoms with Gasteiger partial charge >= 0.3 is 0 Å². The van der Waals surface area contributed by atoms with Crippen molar-refractivity contribution in [3.8, 4) is 67.3 Å². The average molecular weight is 668 g/mol. The van der Waals surface area contributed by atoms with Crippen molar-refractivity contribution in [3.63, 3.8) is 0 Å². The number of nitrogens with zero attached hydrogens (tertiary/aromatic N) is 3. The standard InChI is InChI=1S/C48H33N3O/c1-48(2)41-11-5-3-9-37(41)38-23-21-34(27-42(38)48)30-13-17-32(18-14-30)43-28-44(35-22-24-46-40(26-35)39-10-4-6-12-45(39)52-46)51-47(50-43)33-19-15-31(16-20-33)36-8-7-25-49-29-36/h3-29H,1-2H3. The lowest BCUT2D eigenvalue weighted by Gasteiger charge is -2.22. The molecule has 0 fully saturated rings. The minimum absolute atomic E-state index is 0.0441. The maximum absolute atomic E-state index is 6.14. The Balaban J connectivity index is 1.06. The van der Waals surface area contributed by atoms with E-state index in [4.69, 9.17) is 14.4 Å². The molecule has 1 aliphatic carbocycles. The number of para-hydroxylation sites is 1. The van der Waals surface area contributed by atoms with Gasteiger partial charge in [0.2, 0.25) is 0 Å².